The maximum absolute atomic E-state index is 11.7. The van der Waals surface area contributed by atoms with Crippen molar-refractivity contribution in [3.8, 4) is 0 Å². The molecule has 0 heterocycles. The van der Waals surface area contributed by atoms with Gasteiger partial charge in [0, 0.05) is 12.3 Å². The topological polar surface area (TPSA) is 17.1 Å². The lowest BCUT2D eigenvalue weighted by atomic mass is 9.79. The van der Waals surface area contributed by atoms with Gasteiger partial charge in [-0.15, -0.1) is 6.58 Å². The molecule has 1 heteroatoms. The SMILES string of the molecule is C=CCCC(=O)C1CCCC(C)C1. The van der Waals surface area contributed by atoms with Gasteiger partial charge < -0.3 is 0 Å². The first kappa shape index (κ1) is 10.5. The number of allylic oxidation sites excluding steroid dienone is 1. The summed E-state index contributed by atoms with van der Waals surface area (Å²) >= 11 is 0. The Bertz CT molecular complexity index is 184. The second-order valence-electron chi connectivity index (χ2n) is 4.26. The second-order valence-corrected chi connectivity index (χ2v) is 4.26. The zero-order valence-electron chi connectivity index (χ0n) is 8.59. The molecule has 2 unspecified atom stereocenters. The molecule has 1 aliphatic rings. The van der Waals surface area contributed by atoms with Gasteiger partial charge >= 0.3 is 0 Å². The minimum Gasteiger partial charge on any atom is -0.299 e. The number of hydrogen-bond donors (Lipinski definition) is 0. The van der Waals surface area contributed by atoms with Crippen LogP contribution in [0, 0.1) is 11.8 Å². The average molecular weight is 180 g/mol. The van der Waals surface area contributed by atoms with E-state index in [1.165, 1.54) is 12.8 Å². The number of ketones is 1. The van der Waals surface area contributed by atoms with Crippen LogP contribution in [0.1, 0.15) is 45.4 Å². The third-order valence-corrected chi connectivity index (χ3v) is 2.99. The van der Waals surface area contributed by atoms with Crippen LogP contribution in [-0.4, -0.2) is 5.78 Å². The van der Waals surface area contributed by atoms with E-state index in [0.717, 1.165) is 25.2 Å². The molecule has 1 rings (SSSR count). The van der Waals surface area contributed by atoms with Gasteiger partial charge in [0.15, 0.2) is 0 Å². The summed E-state index contributed by atoms with van der Waals surface area (Å²) in [6, 6.07) is 0. The molecule has 0 amide bonds. The molecule has 0 aromatic carbocycles. The van der Waals surface area contributed by atoms with E-state index < -0.39 is 0 Å². The number of hydrogen-bond acceptors (Lipinski definition) is 1. The number of carbonyl (C=O) groups is 1. The van der Waals surface area contributed by atoms with Crippen LogP contribution in [0.5, 0.6) is 0 Å². The van der Waals surface area contributed by atoms with Crippen molar-refractivity contribution in [2.45, 2.75) is 45.4 Å². The summed E-state index contributed by atoms with van der Waals surface area (Å²) in [6.07, 6.45) is 8.20. The van der Waals surface area contributed by atoms with E-state index in [9.17, 15) is 4.79 Å². The van der Waals surface area contributed by atoms with Crippen molar-refractivity contribution in [1.29, 1.82) is 0 Å². The van der Waals surface area contributed by atoms with Gasteiger partial charge in [-0.25, -0.2) is 0 Å². The standard InChI is InChI=1S/C12H20O/c1-3-4-8-12(13)11-7-5-6-10(2)9-11/h3,10-11H,1,4-9H2,2H3. The molecular formula is C12H20O. The summed E-state index contributed by atoms with van der Waals surface area (Å²) in [5.74, 6) is 1.58. The van der Waals surface area contributed by atoms with Crippen molar-refractivity contribution in [2.75, 3.05) is 0 Å². The van der Waals surface area contributed by atoms with Crippen LogP contribution in [0.15, 0.2) is 12.7 Å². The predicted octanol–water partition coefficient (Wildman–Crippen LogP) is 3.35. The zero-order valence-corrected chi connectivity index (χ0v) is 8.59. The first-order valence-electron chi connectivity index (χ1n) is 5.37. The third kappa shape index (κ3) is 3.33. The van der Waals surface area contributed by atoms with Crippen molar-refractivity contribution in [2.24, 2.45) is 11.8 Å². The minimum atomic E-state index is 0.365. The highest BCUT2D eigenvalue weighted by Gasteiger charge is 2.23. The highest BCUT2D eigenvalue weighted by molar-refractivity contribution is 5.81. The molecular weight excluding hydrogens is 160 g/mol. The highest BCUT2D eigenvalue weighted by atomic mass is 16.1. The Balaban J connectivity index is 2.32. The molecule has 1 nitrogen and oxygen atoms in total. The maximum Gasteiger partial charge on any atom is 0.136 e. The summed E-state index contributed by atoms with van der Waals surface area (Å²) in [4.78, 5) is 11.7. The van der Waals surface area contributed by atoms with Gasteiger partial charge in [0.2, 0.25) is 0 Å². The van der Waals surface area contributed by atoms with Crippen LogP contribution in [0.25, 0.3) is 0 Å². The average Bonchev–Trinajstić information content (AvgIpc) is 2.14. The number of rotatable bonds is 4. The van der Waals surface area contributed by atoms with Crippen molar-refractivity contribution in [3.05, 3.63) is 12.7 Å². The van der Waals surface area contributed by atoms with E-state index in [1.54, 1.807) is 0 Å². The van der Waals surface area contributed by atoms with E-state index in [4.69, 9.17) is 0 Å². The fourth-order valence-electron chi connectivity index (χ4n) is 2.17. The molecule has 13 heavy (non-hydrogen) atoms. The molecule has 1 fully saturated rings. The monoisotopic (exact) mass is 180 g/mol. The van der Waals surface area contributed by atoms with Crippen molar-refractivity contribution in [3.63, 3.8) is 0 Å². The van der Waals surface area contributed by atoms with Crippen molar-refractivity contribution in [1.82, 2.24) is 0 Å². The number of Topliss-reactive ketones (excluding diaryl/α,β-unsaturated/α-hetero) is 1. The summed E-state index contributed by atoms with van der Waals surface area (Å²) in [7, 11) is 0. The summed E-state index contributed by atoms with van der Waals surface area (Å²) in [6.45, 7) is 5.90. The van der Waals surface area contributed by atoms with Gasteiger partial charge in [0.05, 0.1) is 0 Å². The molecule has 0 bridgehead atoms. The largest absolute Gasteiger partial charge is 0.299 e. The molecule has 0 N–H and O–H groups in total. The molecule has 0 radical (unpaired) electrons. The van der Waals surface area contributed by atoms with Gasteiger partial charge in [-0.1, -0.05) is 25.8 Å². The Labute approximate surface area is 81.2 Å². The number of carbonyl (C=O) groups excluding carboxylic acids is 1. The van der Waals surface area contributed by atoms with Gasteiger partial charge in [-0.05, 0) is 25.2 Å². The van der Waals surface area contributed by atoms with E-state index in [-0.39, 0.29) is 0 Å². The Morgan fingerprint density at radius 2 is 2.31 bits per heavy atom. The second kappa shape index (κ2) is 5.21. The fourth-order valence-corrected chi connectivity index (χ4v) is 2.17. The van der Waals surface area contributed by atoms with Crippen molar-refractivity contribution < 1.29 is 4.79 Å². The van der Waals surface area contributed by atoms with Gasteiger partial charge in [0.25, 0.3) is 0 Å². The van der Waals surface area contributed by atoms with Gasteiger partial charge in [-0.3, -0.25) is 4.79 Å². The van der Waals surface area contributed by atoms with Gasteiger partial charge in [0.1, 0.15) is 5.78 Å². The normalized spacial score (nSPS) is 28.4. The van der Waals surface area contributed by atoms with Crippen LogP contribution in [0.3, 0.4) is 0 Å². The third-order valence-electron chi connectivity index (χ3n) is 2.99. The first-order chi connectivity index (χ1) is 6.24. The Morgan fingerprint density at radius 3 is 2.92 bits per heavy atom. The lowest BCUT2D eigenvalue weighted by Crippen LogP contribution is -2.21. The molecule has 1 aliphatic carbocycles. The molecule has 0 spiro atoms. The van der Waals surface area contributed by atoms with Crippen LogP contribution in [0.2, 0.25) is 0 Å². The van der Waals surface area contributed by atoms with Gasteiger partial charge in [-0.2, -0.15) is 0 Å². The Kier molecular flexibility index (Phi) is 4.20. The Hall–Kier alpha value is -0.590. The molecule has 0 aromatic heterocycles. The fraction of sp³-hybridized carbons (Fsp3) is 0.750. The van der Waals surface area contributed by atoms with E-state index in [0.29, 0.717) is 18.1 Å². The quantitative estimate of drug-likeness (QED) is 0.606. The molecule has 0 saturated heterocycles. The zero-order chi connectivity index (χ0) is 9.68. The van der Waals surface area contributed by atoms with E-state index in [1.807, 2.05) is 6.08 Å². The van der Waals surface area contributed by atoms with Crippen LogP contribution in [0.4, 0.5) is 0 Å². The summed E-state index contributed by atoms with van der Waals surface area (Å²) in [5, 5.41) is 0. The molecule has 0 aliphatic heterocycles. The summed E-state index contributed by atoms with van der Waals surface area (Å²) < 4.78 is 0. The summed E-state index contributed by atoms with van der Waals surface area (Å²) in [5.41, 5.74) is 0. The van der Waals surface area contributed by atoms with Crippen LogP contribution < -0.4 is 0 Å². The lowest BCUT2D eigenvalue weighted by Gasteiger charge is -2.25. The van der Waals surface area contributed by atoms with Crippen LogP contribution >= 0.6 is 0 Å². The highest BCUT2D eigenvalue weighted by Crippen LogP contribution is 2.29. The van der Waals surface area contributed by atoms with Crippen molar-refractivity contribution >= 4 is 5.78 Å². The Morgan fingerprint density at radius 1 is 1.54 bits per heavy atom. The molecule has 74 valence electrons. The maximum atomic E-state index is 11.7. The predicted molar refractivity (Wildman–Crippen MR) is 55.6 cm³/mol. The van der Waals surface area contributed by atoms with E-state index >= 15 is 0 Å². The molecule has 0 aromatic rings. The lowest BCUT2D eigenvalue weighted by molar-refractivity contribution is -0.124. The molecule has 1 saturated carbocycles. The molecule has 2 atom stereocenters. The van der Waals surface area contributed by atoms with E-state index in [2.05, 4.69) is 13.5 Å². The first-order valence-corrected chi connectivity index (χ1v) is 5.37. The minimum absolute atomic E-state index is 0.365. The van der Waals surface area contributed by atoms with Crippen LogP contribution in [-0.2, 0) is 4.79 Å². The smallest absolute Gasteiger partial charge is 0.136 e.